The van der Waals surface area contributed by atoms with Crippen molar-refractivity contribution >= 4 is 28.5 Å². The monoisotopic (exact) mass is 249 g/mol. The topological polar surface area (TPSA) is 37.8 Å². The molecule has 2 rings (SSSR count). The standard InChI is InChI=1S/C13H16ClN3/c1-9(14)13(2,3)17-12-8-15-10-6-4-5-7-11(10)16-12/h4-9H,1-3H3,(H,16,17). The van der Waals surface area contributed by atoms with Gasteiger partial charge < -0.3 is 5.32 Å². The number of hydrogen-bond acceptors (Lipinski definition) is 3. The molecule has 0 radical (unpaired) electrons. The molecule has 3 nitrogen and oxygen atoms in total. The number of halogens is 1. The molecule has 0 aliphatic rings. The van der Waals surface area contributed by atoms with Gasteiger partial charge in [0, 0.05) is 5.54 Å². The Morgan fingerprint density at radius 1 is 1.24 bits per heavy atom. The van der Waals surface area contributed by atoms with Crippen LogP contribution in [0.25, 0.3) is 11.0 Å². The Bertz CT molecular complexity index is 523. The van der Waals surface area contributed by atoms with Gasteiger partial charge in [-0.3, -0.25) is 4.98 Å². The molecule has 2 aromatic rings. The Hall–Kier alpha value is -1.35. The molecule has 0 spiro atoms. The molecule has 0 bridgehead atoms. The number of nitrogens with zero attached hydrogens (tertiary/aromatic N) is 2. The number of fused-ring (bicyclic) bond motifs is 1. The van der Waals surface area contributed by atoms with Crippen LogP contribution in [0.3, 0.4) is 0 Å². The van der Waals surface area contributed by atoms with Gasteiger partial charge in [-0.1, -0.05) is 12.1 Å². The summed E-state index contributed by atoms with van der Waals surface area (Å²) in [6.07, 6.45) is 1.74. The third-order valence-electron chi connectivity index (χ3n) is 2.89. The fourth-order valence-electron chi connectivity index (χ4n) is 1.45. The minimum atomic E-state index is -0.224. The zero-order chi connectivity index (χ0) is 12.5. The number of benzene rings is 1. The molecule has 0 fully saturated rings. The van der Waals surface area contributed by atoms with Crippen LogP contribution in [-0.4, -0.2) is 20.9 Å². The third-order valence-corrected chi connectivity index (χ3v) is 3.44. The molecule has 1 unspecified atom stereocenters. The van der Waals surface area contributed by atoms with E-state index in [1.807, 2.05) is 45.0 Å². The molecular weight excluding hydrogens is 234 g/mol. The molecule has 0 aliphatic carbocycles. The molecule has 1 heterocycles. The Morgan fingerprint density at radius 3 is 2.53 bits per heavy atom. The van der Waals surface area contributed by atoms with Crippen molar-refractivity contribution in [3.8, 4) is 0 Å². The van der Waals surface area contributed by atoms with Gasteiger partial charge in [-0.15, -0.1) is 11.6 Å². The highest BCUT2D eigenvalue weighted by Gasteiger charge is 2.24. The summed E-state index contributed by atoms with van der Waals surface area (Å²) in [5, 5.41) is 3.30. The number of rotatable bonds is 3. The van der Waals surface area contributed by atoms with E-state index in [2.05, 4.69) is 15.3 Å². The number of anilines is 1. The molecular formula is C13H16ClN3. The van der Waals surface area contributed by atoms with E-state index >= 15 is 0 Å². The van der Waals surface area contributed by atoms with Crippen molar-refractivity contribution in [3.05, 3.63) is 30.5 Å². The van der Waals surface area contributed by atoms with Crippen LogP contribution in [-0.2, 0) is 0 Å². The maximum atomic E-state index is 6.13. The fourth-order valence-corrected chi connectivity index (χ4v) is 1.50. The number of aromatic nitrogens is 2. The molecule has 1 aromatic carbocycles. The van der Waals surface area contributed by atoms with Gasteiger partial charge in [-0.05, 0) is 32.9 Å². The predicted molar refractivity (Wildman–Crippen MR) is 72.6 cm³/mol. The summed E-state index contributed by atoms with van der Waals surface area (Å²) in [7, 11) is 0. The first-order valence-corrected chi connectivity index (χ1v) is 6.07. The van der Waals surface area contributed by atoms with Gasteiger partial charge in [0.1, 0.15) is 5.82 Å². The zero-order valence-electron chi connectivity index (χ0n) is 10.2. The van der Waals surface area contributed by atoms with Crippen LogP contribution >= 0.6 is 11.6 Å². The molecule has 1 N–H and O–H groups in total. The van der Waals surface area contributed by atoms with E-state index in [4.69, 9.17) is 11.6 Å². The Labute approximate surface area is 106 Å². The molecule has 0 saturated heterocycles. The van der Waals surface area contributed by atoms with Gasteiger partial charge in [0.2, 0.25) is 0 Å². The summed E-state index contributed by atoms with van der Waals surface area (Å²) in [5.41, 5.74) is 1.56. The normalized spacial score (nSPS) is 13.6. The fraction of sp³-hybridized carbons (Fsp3) is 0.385. The highest BCUT2D eigenvalue weighted by molar-refractivity contribution is 6.21. The molecule has 17 heavy (non-hydrogen) atoms. The van der Waals surface area contributed by atoms with Crippen LogP contribution in [0.15, 0.2) is 30.5 Å². The lowest BCUT2D eigenvalue weighted by molar-refractivity contribution is 0.552. The highest BCUT2D eigenvalue weighted by Crippen LogP contribution is 2.21. The molecule has 90 valence electrons. The summed E-state index contributed by atoms with van der Waals surface area (Å²) < 4.78 is 0. The van der Waals surface area contributed by atoms with Crippen molar-refractivity contribution in [2.24, 2.45) is 0 Å². The first-order chi connectivity index (χ1) is 7.99. The molecule has 1 atom stereocenters. The van der Waals surface area contributed by atoms with Crippen molar-refractivity contribution < 1.29 is 0 Å². The highest BCUT2D eigenvalue weighted by atomic mass is 35.5. The van der Waals surface area contributed by atoms with E-state index in [-0.39, 0.29) is 10.9 Å². The van der Waals surface area contributed by atoms with Crippen molar-refractivity contribution in [1.82, 2.24) is 9.97 Å². The lowest BCUT2D eigenvalue weighted by atomic mass is 10.0. The molecule has 4 heteroatoms. The quantitative estimate of drug-likeness (QED) is 0.847. The lowest BCUT2D eigenvalue weighted by Gasteiger charge is -2.29. The Balaban J connectivity index is 2.31. The predicted octanol–water partition coefficient (Wildman–Crippen LogP) is 3.45. The third kappa shape index (κ3) is 2.67. The van der Waals surface area contributed by atoms with E-state index in [0.717, 1.165) is 16.9 Å². The van der Waals surface area contributed by atoms with Crippen molar-refractivity contribution in [2.45, 2.75) is 31.7 Å². The van der Waals surface area contributed by atoms with Crippen LogP contribution in [0.2, 0.25) is 0 Å². The van der Waals surface area contributed by atoms with Crippen molar-refractivity contribution in [1.29, 1.82) is 0 Å². The largest absolute Gasteiger partial charge is 0.362 e. The summed E-state index contributed by atoms with van der Waals surface area (Å²) in [5.74, 6) is 0.751. The zero-order valence-corrected chi connectivity index (χ0v) is 11.0. The summed E-state index contributed by atoms with van der Waals surface area (Å²) in [4.78, 5) is 8.87. The van der Waals surface area contributed by atoms with Gasteiger partial charge in [0.15, 0.2) is 0 Å². The van der Waals surface area contributed by atoms with Gasteiger partial charge in [-0.2, -0.15) is 0 Å². The van der Waals surface area contributed by atoms with Crippen LogP contribution in [0.1, 0.15) is 20.8 Å². The van der Waals surface area contributed by atoms with E-state index in [1.54, 1.807) is 6.20 Å². The summed E-state index contributed by atoms with van der Waals surface area (Å²) in [6, 6.07) is 7.80. The summed E-state index contributed by atoms with van der Waals surface area (Å²) >= 11 is 6.13. The SMILES string of the molecule is CC(Cl)C(C)(C)Nc1cnc2ccccc2n1. The average molecular weight is 250 g/mol. The number of alkyl halides is 1. The maximum Gasteiger partial charge on any atom is 0.145 e. The smallest absolute Gasteiger partial charge is 0.145 e. The lowest BCUT2D eigenvalue weighted by Crippen LogP contribution is -2.39. The van der Waals surface area contributed by atoms with Gasteiger partial charge in [0.25, 0.3) is 0 Å². The Kier molecular flexibility index (Phi) is 3.20. The first kappa shape index (κ1) is 12.1. The second kappa shape index (κ2) is 4.49. The van der Waals surface area contributed by atoms with Gasteiger partial charge >= 0.3 is 0 Å². The molecule has 1 aromatic heterocycles. The number of nitrogens with one attached hydrogen (secondary N) is 1. The van der Waals surface area contributed by atoms with Crippen LogP contribution in [0, 0.1) is 0 Å². The van der Waals surface area contributed by atoms with E-state index in [1.165, 1.54) is 0 Å². The van der Waals surface area contributed by atoms with Crippen molar-refractivity contribution in [3.63, 3.8) is 0 Å². The van der Waals surface area contributed by atoms with Gasteiger partial charge in [-0.25, -0.2) is 4.98 Å². The van der Waals surface area contributed by atoms with Gasteiger partial charge in [0.05, 0.1) is 22.6 Å². The first-order valence-electron chi connectivity index (χ1n) is 5.63. The van der Waals surface area contributed by atoms with E-state index in [0.29, 0.717) is 0 Å². The number of para-hydroxylation sites is 2. The van der Waals surface area contributed by atoms with Crippen LogP contribution in [0.5, 0.6) is 0 Å². The number of hydrogen-bond donors (Lipinski definition) is 1. The Morgan fingerprint density at radius 2 is 1.88 bits per heavy atom. The molecule has 0 amide bonds. The molecule has 0 saturated carbocycles. The average Bonchev–Trinajstić information content (AvgIpc) is 2.28. The minimum absolute atomic E-state index is 0.00392. The molecule has 0 aliphatic heterocycles. The maximum absolute atomic E-state index is 6.13. The van der Waals surface area contributed by atoms with E-state index in [9.17, 15) is 0 Å². The minimum Gasteiger partial charge on any atom is -0.362 e. The van der Waals surface area contributed by atoms with E-state index < -0.39 is 0 Å². The second-order valence-corrected chi connectivity index (χ2v) is 5.36. The van der Waals surface area contributed by atoms with Crippen molar-refractivity contribution in [2.75, 3.05) is 5.32 Å². The second-order valence-electron chi connectivity index (χ2n) is 4.71. The summed E-state index contributed by atoms with van der Waals surface area (Å²) in [6.45, 7) is 6.05. The van der Waals surface area contributed by atoms with Crippen LogP contribution in [0.4, 0.5) is 5.82 Å². The van der Waals surface area contributed by atoms with Crippen LogP contribution < -0.4 is 5.32 Å².